The van der Waals surface area contributed by atoms with Crippen LogP contribution in [0.15, 0.2) is 0 Å². The number of hydrogen-bond acceptors (Lipinski definition) is 4. The average Bonchev–Trinajstić information content (AvgIpc) is 2.33. The molecule has 0 amide bonds. The Morgan fingerprint density at radius 3 is 2.05 bits per heavy atom. The first-order valence-electron chi connectivity index (χ1n) is 4.77. The van der Waals surface area contributed by atoms with Crippen molar-refractivity contribution in [3.05, 3.63) is 0 Å². The molecule has 0 aliphatic heterocycles. The van der Waals surface area contributed by atoms with E-state index in [4.69, 9.17) is 6.42 Å². The summed E-state index contributed by atoms with van der Waals surface area (Å²) in [6.45, 7) is -0.604. The lowest BCUT2D eigenvalue weighted by molar-refractivity contribution is -0.288. The van der Waals surface area contributed by atoms with Crippen LogP contribution in [0.1, 0.15) is 6.42 Å². The molecule has 0 N–H and O–H groups in total. The van der Waals surface area contributed by atoms with E-state index in [0.717, 1.165) is 0 Å². The number of hydrogen-bond donors (Lipinski definition) is 0. The van der Waals surface area contributed by atoms with Crippen LogP contribution in [0.25, 0.3) is 0 Å². The van der Waals surface area contributed by atoms with Crippen LogP contribution in [0.4, 0.5) is 22.0 Å². The molecule has 0 aromatic carbocycles. The quantitative estimate of drug-likeness (QED) is 0.340. The van der Waals surface area contributed by atoms with E-state index in [9.17, 15) is 31.5 Å². The minimum absolute atomic E-state index is 0.604. The summed E-state index contributed by atoms with van der Waals surface area (Å²) in [5, 5.41) is 0. The number of carbonyl (C=O) groups is 2. The average molecular weight is 298 g/mol. The van der Waals surface area contributed by atoms with Crippen molar-refractivity contribution >= 4 is 11.9 Å². The van der Waals surface area contributed by atoms with Crippen LogP contribution < -0.4 is 0 Å². The zero-order valence-electron chi connectivity index (χ0n) is 9.67. The van der Waals surface area contributed by atoms with Crippen LogP contribution in [0.2, 0.25) is 0 Å². The molecule has 4 nitrogen and oxygen atoms in total. The third kappa shape index (κ3) is 5.14. The highest BCUT2D eigenvalue weighted by Gasteiger charge is 2.58. The standard InChI is InChI=1S/C11H7F5O4/c1-3-5-19-8(17)9(18)20-7(4-2)6-10(12,13)11(14,15)16/h1-2,7H,5-6H2. The molecule has 0 aliphatic carbocycles. The third-order valence-electron chi connectivity index (χ3n) is 1.74. The van der Waals surface area contributed by atoms with Crippen LogP contribution in [0, 0.1) is 24.7 Å². The first kappa shape index (κ1) is 17.7. The minimum Gasteiger partial charge on any atom is -0.444 e. The van der Waals surface area contributed by atoms with Crippen molar-refractivity contribution in [1.82, 2.24) is 0 Å². The Balaban J connectivity index is 4.67. The summed E-state index contributed by atoms with van der Waals surface area (Å²) < 4.78 is 69.2. The van der Waals surface area contributed by atoms with Crippen molar-refractivity contribution in [2.45, 2.75) is 24.6 Å². The van der Waals surface area contributed by atoms with Gasteiger partial charge >= 0.3 is 24.0 Å². The molecule has 0 aliphatic rings. The maximum absolute atomic E-state index is 12.7. The van der Waals surface area contributed by atoms with E-state index in [0.29, 0.717) is 0 Å². The van der Waals surface area contributed by atoms with E-state index >= 15 is 0 Å². The third-order valence-corrected chi connectivity index (χ3v) is 1.74. The number of terminal acetylenes is 2. The van der Waals surface area contributed by atoms with Crippen LogP contribution in [0.5, 0.6) is 0 Å². The molecule has 20 heavy (non-hydrogen) atoms. The van der Waals surface area contributed by atoms with Gasteiger partial charge in [-0.25, -0.2) is 9.59 Å². The van der Waals surface area contributed by atoms with Gasteiger partial charge in [0.05, 0.1) is 6.42 Å². The van der Waals surface area contributed by atoms with Crippen LogP contribution >= 0.6 is 0 Å². The summed E-state index contributed by atoms with van der Waals surface area (Å²) in [6.07, 6.45) is -0.769. The molecule has 0 heterocycles. The van der Waals surface area contributed by atoms with Crippen LogP contribution in [0.3, 0.4) is 0 Å². The first-order chi connectivity index (χ1) is 9.05. The van der Waals surface area contributed by atoms with Crippen molar-refractivity contribution in [3.8, 4) is 24.7 Å². The van der Waals surface area contributed by atoms with E-state index in [1.165, 1.54) is 5.92 Å². The number of alkyl halides is 5. The summed E-state index contributed by atoms with van der Waals surface area (Å²) in [5.41, 5.74) is 0. The fourth-order valence-corrected chi connectivity index (χ4v) is 0.827. The largest absolute Gasteiger partial charge is 0.453 e. The molecule has 1 unspecified atom stereocenters. The number of ether oxygens (including phenoxy) is 2. The summed E-state index contributed by atoms with van der Waals surface area (Å²) in [5.74, 6) is -5.43. The number of halogens is 5. The molecule has 0 spiro atoms. The zero-order chi connectivity index (χ0) is 16.0. The van der Waals surface area contributed by atoms with Crippen molar-refractivity contribution in [2.24, 2.45) is 0 Å². The highest BCUT2D eigenvalue weighted by molar-refractivity contribution is 6.29. The Bertz CT molecular complexity index is 455. The summed E-state index contributed by atoms with van der Waals surface area (Å²) >= 11 is 0. The fourth-order valence-electron chi connectivity index (χ4n) is 0.827. The number of esters is 2. The first-order valence-corrected chi connectivity index (χ1v) is 4.77. The number of carbonyl (C=O) groups excluding carboxylic acids is 2. The van der Waals surface area contributed by atoms with Gasteiger partial charge in [-0.15, -0.1) is 12.8 Å². The SMILES string of the molecule is C#CCOC(=O)C(=O)OC(C#C)CC(F)(F)C(F)(F)F. The van der Waals surface area contributed by atoms with Crippen LogP contribution in [-0.2, 0) is 19.1 Å². The van der Waals surface area contributed by atoms with Crippen molar-refractivity contribution in [3.63, 3.8) is 0 Å². The molecule has 0 radical (unpaired) electrons. The maximum atomic E-state index is 12.7. The molecule has 0 aromatic heterocycles. The van der Waals surface area contributed by atoms with E-state index in [1.54, 1.807) is 0 Å². The highest BCUT2D eigenvalue weighted by atomic mass is 19.4. The van der Waals surface area contributed by atoms with Gasteiger partial charge in [-0.05, 0) is 0 Å². The fraction of sp³-hybridized carbons (Fsp3) is 0.455. The molecular weight excluding hydrogens is 291 g/mol. The van der Waals surface area contributed by atoms with Crippen LogP contribution in [-0.4, -0.2) is 36.7 Å². The van der Waals surface area contributed by atoms with Crippen molar-refractivity contribution in [2.75, 3.05) is 6.61 Å². The lowest BCUT2D eigenvalue weighted by Gasteiger charge is -2.22. The van der Waals surface area contributed by atoms with Gasteiger partial charge in [0, 0.05) is 0 Å². The minimum atomic E-state index is -5.86. The normalized spacial score (nSPS) is 12.8. The molecule has 110 valence electrons. The smallest absolute Gasteiger partial charge is 0.444 e. The monoisotopic (exact) mass is 298 g/mol. The van der Waals surface area contributed by atoms with E-state index < -0.39 is 43.2 Å². The molecule has 0 bridgehead atoms. The summed E-state index contributed by atoms with van der Waals surface area (Å²) in [4.78, 5) is 21.8. The Morgan fingerprint density at radius 2 is 1.65 bits per heavy atom. The highest BCUT2D eigenvalue weighted by Crippen LogP contribution is 2.39. The maximum Gasteiger partial charge on any atom is 0.453 e. The van der Waals surface area contributed by atoms with Gasteiger partial charge in [0.1, 0.15) is 0 Å². The second kappa shape index (κ2) is 6.75. The van der Waals surface area contributed by atoms with Gasteiger partial charge in [-0.1, -0.05) is 11.8 Å². The Morgan fingerprint density at radius 1 is 1.10 bits per heavy atom. The molecule has 0 fully saturated rings. The van der Waals surface area contributed by atoms with Gasteiger partial charge in [0.2, 0.25) is 0 Å². The zero-order valence-corrected chi connectivity index (χ0v) is 9.67. The molecule has 0 rings (SSSR count). The second-order valence-corrected chi connectivity index (χ2v) is 3.25. The molecule has 0 aromatic rings. The molecule has 0 saturated heterocycles. The molecular formula is C11H7F5O4. The van der Waals surface area contributed by atoms with E-state index in [1.807, 2.05) is 5.92 Å². The van der Waals surface area contributed by atoms with Gasteiger partial charge in [0.15, 0.2) is 12.7 Å². The Hall–Kier alpha value is -2.29. The topological polar surface area (TPSA) is 52.6 Å². The van der Waals surface area contributed by atoms with E-state index in [-0.39, 0.29) is 0 Å². The van der Waals surface area contributed by atoms with Gasteiger partial charge in [0.25, 0.3) is 0 Å². The molecule has 0 saturated carbocycles. The Kier molecular flexibility index (Phi) is 5.98. The van der Waals surface area contributed by atoms with E-state index in [2.05, 4.69) is 15.9 Å². The molecule has 9 heteroatoms. The lowest BCUT2D eigenvalue weighted by atomic mass is 10.1. The van der Waals surface area contributed by atoms with Crippen molar-refractivity contribution in [1.29, 1.82) is 0 Å². The van der Waals surface area contributed by atoms with Gasteiger partial charge < -0.3 is 9.47 Å². The predicted molar refractivity (Wildman–Crippen MR) is 54.1 cm³/mol. The lowest BCUT2D eigenvalue weighted by Crippen LogP contribution is -2.40. The summed E-state index contributed by atoms with van der Waals surface area (Å²) in [7, 11) is 0. The number of rotatable bonds is 4. The van der Waals surface area contributed by atoms with Gasteiger partial charge in [-0.3, -0.25) is 0 Å². The Labute approximate surface area is 110 Å². The second-order valence-electron chi connectivity index (χ2n) is 3.25. The molecule has 1 atom stereocenters. The summed E-state index contributed by atoms with van der Waals surface area (Å²) in [6, 6.07) is 0. The van der Waals surface area contributed by atoms with Crippen molar-refractivity contribution < 1.29 is 41.0 Å². The van der Waals surface area contributed by atoms with Gasteiger partial charge in [-0.2, -0.15) is 22.0 Å². The predicted octanol–water partition coefficient (Wildman–Crippen LogP) is 1.30.